The Morgan fingerprint density at radius 3 is 2.75 bits per heavy atom. The predicted molar refractivity (Wildman–Crippen MR) is 98.3 cm³/mol. The second-order valence-corrected chi connectivity index (χ2v) is 7.49. The molecule has 1 aromatic carbocycles. The number of amides is 1. The Bertz CT molecular complexity index is 559. The smallest absolute Gasteiger partial charge is 0.234 e. The van der Waals surface area contributed by atoms with Gasteiger partial charge in [0.2, 0.25) is 5.91 Å². The average molecular weight is 350 g/mol. The number of rotatable bonds is 5. The Morgan fingerprint density at radius 1 is 1.25 bits per heavy atom. The van der Waals surface area contributed by atoms with Crippen LogP contribution in [0.2, 0.25) is 5.02 Å². The Kier molecular flexibility index (Phi) is 6.14. The van der Waals surface area contributed by atoms with E-state index in [4.69, 9.17) is 11.6 Å². The zero-order chi connectivity index (χ0) is 16.9. The molecule has 0 aromatic heterocycles. The van der Waals surface area contributed by atoms with Crippen molar-refractivity contribution in [3.8, 4) is 0 Å². The third kappa shape index (κ3) is 4.50. The van der Waals surface area contributed by atoms with Crippen LogP contribution in [-0.4, -0.2) is 54.5 Å². The highest BCUT2D eigenvalue weighted by atomic mass is 35.5. The van der Waals surface area contributed by atoms with Crippen molar-refractivity contribution in [2.24, 2.45) is 0 Å². The molecule has 2 fully saturated rings. The molecule has 0 unspecified atom stereocenters. The summed E-state index contributed by atoms with van der Waals surface area (Å²) in [5, 5.41) is 3.80. The van der Waals surface area contributed by atoms with Crippen molar-refractivity contribution < 1.29 is 4.79 Å². The number of carbonyl (C=O) groups is 1. The van der Waals surface area contributed by atoms with E-state index in [9.17, 15) is 4.79 Å². The van der Waals surface area contributed by atoms with Gasteiger partial charge in [0.25, 0.3) is 0 Å². The number of nitrogens with zero attached hydrogens (tertiary/aromatic N) is 2. The van der Waals surface area contributed by atoms with Gasteiger partial charge < -0.3 is 5.32 Å². The third-order valence-electron chi connectivity index (χ3n) is 5.25. The van der Waals surface area contributed by atoms with Crippen LogP contribution in [0.15, 0.2) is 24.3 Å². The lowest BCUT2D eigenvalue weighted by Gasteiger charge is -2.37. The maximum absolute atomic E-state index is 12.4. The van der Waals surface area contributed by atoms with Crippen molar-refractivity contribution in [3.63, 3.8) is 0 Å². The standard InChI is InChI=1S/C19H28ClN3O/c1-15(17-8-2-3-9-18(17)20)21-19(24)14-22-10-6-7-16(13-22)23-11-4-5-12-23/h2-3,8-9,15-16H,4-7,10-14H2,1H3,(H,21,24)/t15-,16+/m0/s1. The van der Waals surface area contributed by atoms with Crippen LogP contribution in [0.4, 0.5) is 0 Å². The highest BCUT2D eigenvalue weighted by Gasteiger charge is 2.28. The molecule has 0 saturated carbocycles. The Hall–Kier alpha value is -1.10. The maximum Gasteiger partial charge on any atom is 0.234 e. The summed E-state index contributed by atoms with van der Waals surface area (Å²) >= 11 is 6.22. The summed E-state index contributed by atoms with van der Waals surface area (Å²) in [4.78, 5) is 17.3. The molecular formula is C19H28ClN3O. The zero-order valence-electron chi connectivity index (χ0n) is 14.5. The lowest BCUT2D eigenvalue weighted by atomic mass is 10.0. The average Bonchev–Trinajstić information content (AvgIpc) is 3.10. The van der Waals surface area contributed by atoms with E-state index in [1.165, 1.54) is 38.8 Å². The quantitative estimate of drug-likeness (QED) is 0.887. The molecule has 2 atom stereocenters. The monoisotopic (exact) mass is 349 g/mol. The number of likely N-dealkylation sites (tertiary alicyclic amines) is 2. The van der Waals surface area contributed by atoms with Gasteiger partial charge in [-0.2, -0.15) is 0 Å². The van der Waals surface area contributed by atoms with Crippen LogP contribution in [0.5, 0.6) is 0 Å². The first-order valence-corrected chi connectivity index (χ1v) is 9.51. The minimum atomic E-state index is -0.0645. The molecule has 24 heavy (non-hydrogen) atoms. The van der Waals surface area contributed by atoms with Crippen LogP contribution in [-0.2, 0) is 4.79 Å². The lowest BCUT2D eigenvalue weighted by molar-refractivity contribution is -0.123. The minimum Gasteiger partial charge on any atom is -0.348 e. The number of hydrogen-bond donors (Lipinski definition) is 1. The van der Waals surface area contributed by atoms with Gasteiger partial charge in [0.15, 0.2) is 0 Å². The number of piperidine rings is 1. The van der Waals surface area contributed by atoms with Crippen LogP contribution in [0, 0.1) is 0 Å². The Balaban J connectivity index is 1.50. The summed E-state index contributed by atoms with van der Waals surface area (Å²) in [6.45, 7) is 6.98. The van der Waals surface area contributed by atoms with Gasteiger partial charge in [0.05, 0.1) is 12.6 Å². The minimum absolute atomic E-state index is 0.0645. The molecule has 132 valence electrons. The van der Waals surface area contributed by atoms with Crippen molar-refractivity contribution in [2.75, 3.05) is 32.7 Å². The summed E-state index contributed by atoms with van der Waals surface area (Å²) in [7, 11) is 0. The molecule has 0 spiro atoms. The molecule has 0 radical (unpaired) electrons. The van der Waals surface area contributed by atoms with E-state index < -0.39 is 0 Å². The molecule has 1 aromatic rings. The predicted octanol–water partition coefficient (Wildman–Crippen LogP) is 3.08. The van der Waals surface area contributed by atoms with E-state index in [0.717, 1.165) is 18.7 Å². The first kappa shape index (κ1) is 17.7. The van der Waals surface area contributed by atoms with Crippen molar-refractivity contribution in [1.29, 1.82) is 0 Å². The molecule has 4 nitrogen and oxygen atoms in total. The SMILES string of the molecule is C[C@H](NC(=O)CN1CCC[C@@H](N2CCCC2)C1)c1ccccc1Cl. The molecule has 0 aliphatic carbocycles. The van der Waals surface area contributed by atoms with Gasteiger partial charge in [-0.15, -0.1) is 0 Å². The van der Waals surface area contributed by atoms with Gasteiger partial charge in [-0.1, -0.05) is 29.8 Å². The normalized spacial score (nSPS) is 24.0. The highest BCUT2D eigenvalue weighted by Crippen LogP contribution is 2.23. The van der Waals surface area contributed by atoms with Crippen LogP contribution in [0.1, 0.15) is 44.2 Å². The van der Waals surface area contributed by atoms with E-state index in [0.29, 0.717) is 17.6 Å². The molecule has 2 heterocycles. The van der Waals surface area contributed by atoms with Gasteiger partial charge in [0.1, 0.15) is 0 Å². The van der Waals surface area contributed by atoms with Crippen LogP contribution in [0.25, 0.3) is 0 Å². The second kappa shape index (κ2) is 8.32. The fourth-order valence-electron chi connectivity index (χ4n) is 3.97. The van der Waals surface area contributed by atoms with E-state index in [1.54, 1.807) is 0 Å². The van der Waals surface area contributed by atoms with E-state index >= 15 is 0 Å². The maximum atomic E-state index is 12.4. The number of nitrogens with one attached hydrogen (secondary N) is 1. The number of hydrogen-bond acceptors (Lipinski definition) is 3. The number of benzene rings is 1. The molecule has 5 heteroatoms. The van der Waals surface area contributed by atoms with Gasteiger partial charge in [-0.3, -0.25) is 14.6 Å². The molecule has 0 bridgehead atoms. The second-order valence-electron chi connectivity index (χ2n) is 7.08. The fourth-order valence-corrected chi connectivity index (χ4v) is 4.27. The molecule has 2 aliphatic rings. The first-order chi connectivity index (χ1) is 11.6. The lowest BCUT2D eigenvalue weighted by Crippen LogP contribution is -2.49. The van der Waals surface area contributed by atoms with Crippen LogP contribution < -0.4 is 5.32 Å². The topological polar surface area (TPSA) is 35.6 Å². The molecule has 1 amide bonds. The summed E-state index contributed by atoms with van der Waals surface area (Å²) in [5.74, 6) is 0.0875. The summed E-state index contributed by atoms with van der Waals surface area (Å²) in [6, 6.07) is 8.27. The largest absolute Gasteiger partial charge is 0.348 e. The molecule has 2 saturated heterocycles. The van der Waals surface area contributed by atoms with Gasteiger partial charge >= 0.3 is 0 Å². The van der Waals surface area contributed by atoms with Crippen molar-refractivity contribution in [2.45, 2.75) is 44.7 Å². The third-order valence-corrected chi connectivity index (χ3v) is 5.60. The van der Waals surface area contributed by atoms with E-state index in [2.05, 4.69) is 15.1 Å². The molecular weight excluding hydrogens is 322 g/mol. The summed E-state index contributed by atoms with van der Waals surface area (Å²) in [5.41, 5.74) is 0.973. The Labute approximate surface area is 150 Å². The molecule has 3 rings (SSSR count). The highest BCUT2D eigenvalue weighted by molar-refractivity contribution is 6.31. The molecule has 2 aliphatic heterocycles. The fraction of sp³-hybridized carbons (Fsp3) is 0.632. The van der Waals surface area contributed by atoms with E-state index in [1.807, 2.05) is 31.2 Å². The van der Waals surface area contributed by atoms with Crippen molar-refractivity contribution in [3.05, 3.63) is 34.9 Å². The van der Waals surface area contributed by atoms with Gasteiger partial charge in [-0.25, -0.2) is 0 Å². The number of carbonyl (C=O) groups excluding carboxylic acids is 1. The van der Waals surface area contributed by atoms with Gasteiger partial charge in [0, 0.05) is 17.6 Å². The zero-order valence-corrected chi connectivity index (χ0v) is 15.3. The Morgan fingerprint density at radius 2 is 2.00 bits per heavy atom. The van der Waals surface area contributed by atoms with Crippen molar-refractivity contribution in [1.82, 2.24) is 15.1 Å². The first-order valence-electron chi connectivity index (χ1n) is 9.13. The van der Waals surface area contributed by atoms with Crippen LogP contribution >= 0.6 is 11.6 Å². The summed E-state index contributed by atoms with van der Waals surface area (Å²) in [6.07, 6.45) is 5.11. The summed E-state index contributed by atoms with van der Waals surface area (Å²) < 4.78 is 0. The number of halogens is 1. The van der Waals surface area contributed by atoms with E-state index in [-0.39, 0.29) is 11.9 Å². The van der Waals surface area contributed by atoms with Crippen LogP contribution in [0.3, 0.4) is 0 Å². The molecule has 1 N–H and O–H groups in total. The van der Waals surface area contributed by atoms with Gasteiger partial charge in [-0.05, 0) is 63.9 Å². The van der Waals surface area contributed by atoms with Crippen molar-refractivity contribution >= 4 is 17.5 Å².